The highest BCUT2D eigenvalue weighted by atomic mass is 31.2. The van der Waals surface area contributed by atoms with Crippen LogP contribution in [-0.4, -0.2) is 19.3 Å². The van der Waals surface area contributed by atoms with E-state index in [1.54, 1.807) is 48.5 Å². The minimum atomic E-state index is -3.83. The van der Waals surface area contributed by atoms with Crippen LogP contribution in [0.5, 0.6) is 11.5 Å². The first-order valence-electron chi connectivity index (χ1n) is 7.26. The van der Waals surface area contributed by atoms with E-state index in [2.05, 4.69) is 0 Å². The second kappa shape index (κ2) is 7.47. The minimum Gasteiger partial charge on any atom is -0.395 e. The Morgan fingerprint density at radius 3 is 2.00 bits per heavy atom. The lowest BCUT2D eigenvalue weighted by Gasteiger charge is -2.20. The van der Waals surface area contributed by atoms with Crippen LogP contribution in [0, 0.1) is 0 Å². The van der Waals surface area contributed by atoms with Gasteiger partial charge in [0.05, 0.1) is 13.2 Å². The van der Waals surface area contributed by atoms with Crippen molar-refractivity contribution in [2.45, 2.75) is 6.10 Å². The summed E-state index contributed by atoms with van der Waals surface area (Å²) in [6.07, 6.45) is 3.49. The third-order valence-corrected chi connectivity index (χ3v) is 4.41. The quantitative estimate of drug-likeness (QED) is 0.561. The molecule has 0 saturated carbocycles. The van der Waals surface area contributed by atoms with Gasteiger partial charge in [-0.2, -0.15) is 0 Å². The van der Waals surface area contributed by atoms with Crippen molar-refractivity contribution < 1.29 is 22.9 Å². The zero-order valence-corrected chi connectivity index (χ0v) is 13.3. The number of hydrogen-bond donors (Lipinski definition) is 0. The van der Waals surface area contributed by atoms with Crippen LogP contribution < -0.4 is 9.05 Å². The summed E-state index contributed by atoms with van der Waals surface area (Å²) in [4.78, 5) is 0. The van der Waals surface area contributed by atoms with Crippen LogP contribution in [0.1, 0.15) is 0 Å². The van der Waals surface area contributed by atoms with Gasteiger partial charge in [-0.25, -0.2) is 4.57 Å². The lowest BCUT2D eigenvalue weighted by molar-refractivity contribution is 0.0717. The van der Waals surface area contributed by atoms with Crippen LogP contribution in [0.2, 0.25) is 0 Å². The molecule has 1 heterocycles. The third-order valence-electron chi connectivity index (χ3n) is 3.08. The zero-order chi connectivity index (χ0) is 16.0. The summed E-state index contributed by atoms with van der Waals surface area (Å²) in [7, 11) is -3.83. The summed E-state index contributed by atoms with van der Waals surface area (Å²) < 4.78 is 34.8. The molecule has 0 fully saturated rings. The molecule has 2 aromatic rings. The maximum atomic E-state index is 13.0. The molecule has 1 aliphatic heterocycles. The van der Waals surface area contributed by atoms with E-state index in [1.165, 1.54) is 0 Å². The molecule has 0 bridgehead atoms. The van der Waals surface area contributed by atoms with E-state index < -0.39 is 7.82 Å². The molecule has 6 heteroatoms. The number of hydrogen-bond acceptors (Lipinski definition) is 5. The Balaban J connectivity index is 1.73. The third kappa shape index (κ3) is 4.70. The highest BCUT2D eigenvalue weighted by Gasteiger charge is 2.32. The Bertz CT molecular complexity index is 641. The number of benzene rings is 2. The number of phosphoric acid groups is 1. The average Bonchev–Trinajstić information content (AvgIpc) is 3.08. The highest BCUT2D eigenvalue weighted by Crippen LogP contribution is 2.49. The van der Waals surface area contributed by atoms with Crippen LogP contribution in [0.25, 0.3) is 0 Å². The first kappa shape index (κ1) is 15.8. The molecular weight excluding hydrogens is 315 g/mol. The van der Waals surface area contributed by atoms with Crippen molar-refractivity contribution in [3.05, 3.63) is 72.8 Å². The normalized spacial score (nSPS) is 17.1. The first-order valence-corrected chi connectivity index (χ1v) is 8.72. The van der Waals surface area contributed by atoms with E-state index in [-0.39, 0.29) is 12.7 Å². The largest absolute Gasteiger partial charge is 0.587 e. The van der Waals surface area contributed by atoms with Crippen molar-refractivity contribution >= 4 is 7.82 Å². The van der Waals surface area contributed by atoms with E-state index in [4.69, 9.17) is 18.3 Å². The van der Waals surface area contributed by atoms with E-state index >= 15 is 0 Å². The van der Waals surface area contributed by atoms with Gasteiger partial charge in [0.25, 0.3) is 0 Å². The summed E-state index contributed by atoms with van der Waals surface area (Å²) in [5.74, 6) is 0.823. The topological polar surface area (TPSA) is 54.0 Å². The Morgan fingerprint density at radius 2 is 1.52 bits per heavy atom. The Kier molecular flexibility index (Phi) is 5.13. The monoisotopic (exact) mass is 332 g/mol. The maximum Gasteiger partial charge on any atom is 0.587 e. The van der Waals surface area contributed by atoms with E-state index in [0.717, 1.165) is 0 Å². The predicted molar refractivity (Wildman–Crippen MR) is 86.6 cm³/mol. The molecule has 0 radical (unpaired) electrons. The average molecular weight is 332 g/mol. The van der Waals surface area contributed by atoms with Gasteiger partial charge in [0.1, 0.15) is 17.6 Å². The molecule has 0 aromatic heterocycles. The van der Waals surface area contributed by atoms with E-state index in [0.29, 0.717) is 18.1 Å². The molecule has 0 saturated heterocycles. The number of rotatable bonds is 7. The first-order chi connectivity index (χ1) is 11.2. The number of phosphoric ester groups is 1. The molecular formula is C17H17O5P. The van der Waals surface area contributed by atoms with Crippen LogP contribution >= 0.6 is 7.82 Å². The van der Waals surface area contributed by atoms with Crippen molar-refractivity contribution in [1.29, 1.82) is 0 Å². The second-order valence-corrected chi connectivity index (χ2v) is 6.37. The number of ether oxygens (including phenoxy) is 1. The van der Waals surface area contributed by atoms with E-state index in [1.807, 2.05) is 24.3 Å². The Hall–Kier alpha value is -2.07. The van der Waals surface area contributed by atoms with Gasteiger partial charge in [0.15, 0.2) is 0 Å². The summed E-state index contributed by atoms with van der Waals surface area (Å²) in [5, 5.41) is 0. The molecule has 0 aliphatic carbocycles. The molecule has 23 heavy (non-hydrogen) atoms. The van der Waals surface area contributed by atoms with Crippen LogP contribution in [0.15, 0.2) is 72.8 Å². The molecule has 1 aliphatic rings. The van der Waals surface area contributed by atoms with Crippen molar-refractivity contribution in [3.8, 4) is 11.5 Å². The molecule has 1 atom stereocenters. The van der Waals surface area contributed by atoms with Crippen LogP contribution in [0.3, 0.4) is 0 Å². The summed E-state index contributed by atoms with van der Waals surface area (Å²) in [5.41, 5.74) is 0. The van der Waals surface area contributed by atoms with E-state index in [9.17, 15) is 4.57 Å². The fourth-order valence-corrected chi connectivity index (χ4v) is 3.23. The molecule has 120 valence electrons. The fraction of sp³-hybridized carbons (Fsp3) is 0.176. The molecule has 2 aromatic carbocycles. The van der Waals surface area contributed by atoms with Crippen molar-refractivity contribution in [2.24, 2.45) is 0 Å². The molecule has 1 unspecified atom stereocenters. The molecule has 3 rings (SSSR count). The van der Waals surface area contributed by atoms with Gasteiger partial charge in [-0.1, -0.05) is 48.6 Å². The van der Waals surface area contributed by atoms with Gasteiger partial charge in [-0.3, -0.25) is 4.52 Å². The minimum absolute atomic E-state index is 0.0907. The van der Waals surface area contributed by atoms with Crippen molar-refractivity contribution in [1.82, 2.24) is 0 Å². The van der Waals surface area contributed by atoms with Crippen molar-refractivity contribution in [3.63, 3.8) is 0 Å². The fourth-order valence-electron chi connectivity index (χ4n) is 2.00. The van der Waals surface area contributed by atoms with Crippen molar-refractivity contribution in [2.75, 3.05) is 13.2 Å². The van der Waals surface area contributed by atoms with Gasteiger partial charge in [0.2, 0.25) is 0 Å². The van der Waals surface area contributed by atoms with Crippen LogP contribution in [-0.2, 0) is 13.8 Å². The maximum absolute atomic E-state index is 13.0. The molecule has 0 N–H and O–H groups in total. The SMILES string of the molecule is O=P(OCC1C=CCO1)(Oc1ccccc1)Oc1ccccc1. The predicted octanol–water partition coefficient (Wildman–Crippen LogP) is 4.22. The molecule has 0 spiro atoms. The lowest BCUT2D eigenvalue weighted by atomic mass is 10.3. The Morgan fingerprint density at radius 1 is 0.957 bits per heavy atom. The highest BCUT2D eigenvalue weighted by molar-refractivity contribution is 7.49. The smallest absolute Gasteiger partial charge is 0.395 e. The van der Waals surface area contributed by atoms with Gasteiger partial charge in [-0.15, -0.1) is 0 Å². The van der Waals surface area contributed by atoms with Gasteiger partial charge in [0, 0.05) is 0 Å². The lowest BCUT2D eigenvalue weighted by Crippen LogP contribution is -2.15. The summed E-state index contributed by atoms with van der Waals surface area (Å²) in [6.45, 7) is 0.616. The standard InChI is InChI=1S/C17H17O5P/c18-23(20-14-17-12-7-13-19-17,21-15-8-3-1-4-9-15)22-16-10-5-2-6-11-16/h1-12,17H,13-14H2. The van der Waals surface area contributed by atoms with Gasteiger partial charge < -0.3 is 13.8 Å². The van der Waals surface area contributed by atoms with Crippen LogP contribution in [0.4, 0.5) is 0 Å². The number of para-hydroxylation sites is 2. The molecule has 5 nitrogen and oxygen atoms in total. The van der Waals surface area contributed by atoms with Gasteiger partial charge in [-0.05, 0) is 24.3 Å². The summed E-state index contributed by atoms with van der Waals surface area (Å²) in [6, 6.07) is 17.6. The molecule has 0 amide bonds. The van der Waals surface area contributed by atoms with Gasteiger partial charge >= 0.3 is 7.82 Å². The second-order valence-electron chi connectivity index (χ2n) is 4.85. The Labute approximate surface area is 135 Å². The zero-order valence-electron chi connectivity index (χ0n) is 12.4. The summed E-state index contributed by atoms with van der Waals surface area (Å²) >= 11 is 0.